The molecule has 0 aliphatic carbocycles. The maximum atomic E-state index is 6.10. The lowest BCUT2D eigenvalue weighted by atomic mass is 10.2. The number of nitrogens with one attached hydrogen (secondary N) is 1. The second-order valence-corrected chi connectivity index (χ2v) is 5.94. The standard InChI is InChI=1S/C11H12BrClN2S/c1-7-5-8(12)10(6-9(7)13)15-11-14-3-2-4-16-11/h5-6H,2-4H2,1H3,(H,14,15). The number of rotatable bonds is 1. The molecule has 1 aliphatic heterocycles. The highest BCUT2D eigenvalue weighted by molar-refractivity contribution is 9.10. The third kappa shape index (κ3) is 2.93. The molecule has 0 saturated carbocycles. The molecule has 0 spiro atoms. The third-order valence-electron chi connectivity index (χ3n) is 2.29. The van der Waals surface area contributed by atoms with Crippen LogP contribution in [0.5, 0.6) is 0 Å². The van der Waals surface area contributed by atoms with E-state index in [9.17, 15) is 0 Å². The van der Waals surface area contributed by atoms with Gasteiger partial charge in [-0.25, -0.2) is 0 Å². The maximum Gasteiger partial charge on any atom is 0.161 e. The lowest BCUT2D eigenvalue weighted by Crippen LogP contribution is -2.13. The summed E-state index contributed by atoms with van der Waals surface area (Å²) in [4.78, 5) is 4.42. The smallest absolute Gasteiger partial charge is 0.161 e. The molecule has 0 atom stereocenters. The number of aryl methyl sites for hydroxylation is 1. The molecule has 2 nitrogen and oxygen atoms in total. The minimum atomic E-state index is 0.770. The number of anilines is 1. The van der Waals surface area contributed by atoms with Gasteiger partial charge in [0.25, 0.3) is 0 Å². The van der Waals surface area contributed by atoms with Gasteiger partial charge in [-0.1, -0.05) is 23.4 Å². The average molecular weight is 320 g/mol. The van der Waals surface area contributed by atoms with Crippen molar-refractivity contribution in [1.82, 2.24) is 0 Å². The Labute approximate surface area is 113 Å². The van der Waals surface area contributed by atoms with E-state index in [-0.39, 0.29) is 0 Å². The van der Waals surface area contributed by atoms with Gasteiger partial charge in [-0.3, -0.25) is 4.99 Å². The third-order valence-corrected chi connectivity index (χ3v) is 4.35. The van der Waals surface area contributed by atoms with Crippen LogP contribution in [0.25, 0.3) is 0 Å². The van der Waals surface area contributed by atoms with Crippen LogP contribution in [-0.2, 0) is 0 Å². The van der Waals surface area contributed by atoms with E-state index in [0.717, 1.165) is 44.6 Å². The molecule has 1 aliphatic rings. The van der Waals surface area contributed by atoms with Gasteiger partial charge in [0, 0.05) is 21.8 Å². The van der Waals surface area contributed by atoms with Crippen LogP contribution in [0.3, 0.4) is 0 Å². The van der Waals surface area contributed by atoms with Crippen molar-refractivity contribution in [2.45, 2.75) is 13.3 Å². The Morgan fingerprint density at radius 3 is 3.00 bits per heavy atom. The van der Waals surface area contributed by atoms with Crippen molar-refractivity contribution in [3.8, 4) is 0 Å². The van der Waals surface area contributed by atoms with E-state index in [1.807, 2.05) is 19.1 Å². The molecule has 16 heavy (non-hydrogen) atoms. The fourth-order valence-electron chi connectivity index (χ4n) is 1.39. The van der Waals surface area contributed by atoms with Crippen LogP contribution in [-0.4, -0.2) is 17.5 Å². The number of amidine groups is 1. The highest BCUT2D eigenvalue weighted by atomic mass is 79.9. The molecule has 0 aromatic heterocycles. The van der Waals surface area contributed by atoms with E-state index in [0.29, 0.717) is 0 Å². The second kappa shape index (κ2) is 5.43. The molecule has 0 amide bonds. The van der Waals surface area contributed by atoms with Crippen LogP contribution in [0.4, 0.5) is 5.69 Å². The van der Waals surface area contributed by atoms with Gasteiger partial charge in [0.2, 0.25) is 0 Å². The van der Waals surface area contributed by atoms with Gasteiger partial charge in [-0.2, -0.15) is 0 Å². The van der Waals surface area contributed by atoms with Crippen molar-refractivity contribution in [3.05, 3.63) is 27.2 Å². The van der Waals surface area contributed by atoms with Crippen molar-refractivity contribution < 1.29 is 0 Å². The van der Waals surface area contributed by atoms with Gasteiger partial charge in [0.15, 0.2) is 5.17 Å². The minimum Gasteiger partial charge on any atom is -0.334 e. The van der Waals surface area contributed by atoms with E-state index < -0.39 is 0 Å². The van der Waals surface area contributed by atoms with Crippen LogP contribution < -0.4 is 5.32 Å². The maximum absolute atomic E-state index is 6.10. The molecular formula is C11H12BrClN2S. The fraction of sp³-hybridized carbons (Fsp3) is 0.364. The molecule has 0 radical (unpaired) electrons. The Balaban J connectivity index is 2.20. The monoisotopic (exact) mass is 318 g/mol. The Hall–Kier alpha value is -0.190. The summed E-state index contributed by atoms with van der Waals surface area (Å²) in [5.74, 6) is 1.13. The number of aliphatic imine (C=N–C) groups is 1. The molecule has 1 heterocycles. The first-order chi connectivity index (χ1) is 7.66. The molecule has 1 aromatic rings. The summed E-state index contributed by atoms with van der Waals surface area (Å²) >= 11 is 11.4. The summed E-state index contributed by atoms with van der Waals surface area (Å²) in [6.07, 6.45) is 1.16. The van der Waals surface area contributed by atoms with Crippen LogP contribution in [0.2, 0.25) is 5.02 Å². The SMILES string of the molecule is Cc1cc(Br)c(NC2=NCCCS2)cc1Cl. The van der Waals surface area contributed by atoms with Crippen LogP contribution in [0, 0.1) is 6.92 Å². The molecule has 5 heteroatoms. The quantitative estimate of drug-likeness (QED) is 0.834. The van der Waals surface area contributed by atoms with Gasteiger partial charge in [-0.15, -0.1) is 0 Å². The number of halogens is 2. The zero-order valence-electron chi connectivity index (χ0n) is 8.89. The first-order valence-electron chi connectivity index (χ1n) is 5.07. The first-order valence-corrected chi connectivity index (χ1v) is 7.22. The summed E-state index contributed by atoms with van der Waals surface area (Å²) in [6, 6.07) is 3.94. The zero-order valence-corrected chi connectivity index (χ0v) is 12.0. The fourth-order valence-corrected chi connectivity index (χ4v) is 2.94. The predicted molar refractivity (Wildman–Crippen MR) is 76.9 cm³/mol. The molecule has 0 bridgehead atoms. The van der Waals surface area contributed by atoms with Gasteiger partial charge >= 0.3 is 0 Å². The summed E-state index contributed by atoms with van der Waals surface area (Å²) in [5.41, 5.74) is 2.04. The van der Waals surface area contributed by atoms with Gasteiger partial charge in [0.05, 0.1) is 5.69 Å². The number of nitrogens with zero attached hydrogens (tertiary/aromatic N) is 1. The van der Waals surface area contributed by atoms with E-state index >= 15 is 0 Å². The van der Waals surface area contributed by atoms with E-state index in [4.69, 9.17) is 11.6 Å². The van der Waals surface area contributed by atoms with Crippen LogP contribution in [0.15, 0.2) is 21.6 Å². The van der Waals surface area contributed by atoms with E-state index in [2.05, 4.69) is 26.2 Å². The number of thioether (sulfide) groups is 1. The molecule has 1 aromatic carbocycles. The average Bonchev–Trinajstić information content (AvgIpc) is 2.27. The summed E-state index contributed by atoms with van der Waals surface area (Å²) < 4.78 is 1.02. The molecule has 1 N–H and O–H groups in total. The molecule has 0 unspecified atom stereocenters. The predicted octanol–water partition coefficient (Wildman–Crippen LogP) is 4.32. The highest BCUT2D eigenvalue weighted by Crippen LogP contribution is 2.30. The lowest BCUT2D eigenvalue weighted by molar-refractivity contribution is 0.938. The normalized spacial score (nSPS) is 15.8. The van der Waals surface area contributed by atoms with Crippen molar-refractivity contribution in [1.29, 1.82) is 0 Å². The zero-order chi connectivity index (χ0) is 11.5. The minimum absolute atomic E-state index is 0.770. The lowest BCUT2D eigenvalue weighted by Gasteiger charge is -2.15. The summed E-state index contributed by atoms with van der Waals surface area (Å²) in [7, 11) is 0. The number of hydrogen-bond acceptors (Lipinski definition) is 3. The van der Waals surface area contributed by atoms with E-state index in [1.54, 1.807) is 11.8 Å². The van der Waals surface area contributed by atoms with Gasteiger partial charge in [-0.05, 0) is 47.0 Å². The number of hydrogen-bond donors (Lipinski definition) is 1. The highest BCUT2D eigenvalue weighted by Gasteiger charge is 2.09. The number of benzene rings is 1. The van der Waals surface area contributed by atoms with E-state index in [1.165, 1.54) is 0 Å². The molecule has 0 saturated heterocycles. The Bertz CT molecular complexity index is 434. The summed E-state index contributed by atoms with van der Waals surface area (Å²) in [5, 5.41) is 5.05. The largest absolute Gasteiger partial charge is 0.334 e. The van der Waals surface area contributed by atoms with Crippen LogP contribution in [0.1, 0.15) is 12.0 Å². The molecular weight excluding hydrogens is 308 g/mol. The van der Waals surface area contributed by atoms with Crippen LogP contribution >= 0.6 is 39.3 Å². The second-order valence-electron chi connectivity index (χ2n) is 3.60. The molecule has 2 rings (SSSR count). The van der Waals surface area contributed by atoms with Crippen molar-refractivity contribution >= 4 is 50.1 Å². The van der Waals surface area contributed by atoms with Crippen molar-refractivity contribution in [2.75, 3.05) is 17.6 Å². The molecule has 86 valence electrons. The topological polar surface area (TPSA) is 24.4 Å². The van der Waals surface area contributed by atoms with Gasteiger partial charge in [0.1, 0.15) is 0 Å². The van der Waals surface area contributed by atoms with Crippen molar-refractivity contribution in [2.24, 2.45) is 4.99 Å². The van der Waals surface area contributed by atoms with Gasteiger partial charge < -0.3 is 5.32 Å². The Kier molecular flexibility index (Phi) is 4.16. The Morgan fingerprint density at radius 1 is 1.50 bits per heavy atom. The summed E-state index contributed by atoms with van der Waals surface area (Å²) in [6.45, 7) is 2.90. The van der Waals surface area contributed by atoms with Crippen molar-refractivity contribution in [3.63, 3.8) is 0 Å². The molecule has 0 fully saturated rings. The first kappa shape index (κ1) is 12.3. The Morgan fingerprint density at radius 2 is 2.31 bits per heavy atom.